The summed E-state index contributed by atoms with van der Waals surface area (Å²) in [5, 5.41) is 3.49. The Morgan fingerprint density at radius 2 is 1.97 bits per heavy atom. The molecule has 2 saturated heterocycles. The van der Waals surface area contributed by atoms with E-state index in [4.69, 9.17) is 19.2 Å². The molecule has 0 bridgehead atoms. The maximum Gasteiger partial charge on any atom is 0.193 e. The summed E-state index contributed by atoms with van der Waals surface area (Å²) in [7, 11) is 3.48. The van der Waals surface area contributed by atoms with Gasteiger partial charge in [-0.2, -0.15) is 0 Å². The summed E-state index contributed by atoms with van der Waals surface area (Å²) in [5.74, 6) is 2.48. The molecule has 0 amide bonds. The largest absolute Gasteiger partial charge is 0.497 e. The summed E-state index contributed by atoms with van der Waals surface area (Å²) in [6, 6.07) is 8.62. The number of rotatable bonds is 8. The van der Waals surface area contributed by atoms with Gasteiger partial charge in [0.1, 0.15) is 5.75 Å². The monoisotopic (exact) mass is 404 g/mol. The van der Waals surface area contributed by atoms with E-state index in [9.17, 15) is 0 Å². The summed E-state index contributed by atoms with van der Waals surface area (Å²) in [6.07, 6.45) is 1.16. The van der Waals surface area contributed by atoms with E-state index in [0.29, 0.717) is 5.92 Å². The molecule has 7 heteroatoms. The second-order valence-electron chi connectivity index (χ2n) is 7.69. The van der Waals surface area contributed by atoms with E-state index >= 15 is 0 Å². The standard InChI is InChI=1S/C22H36N4O3/c1-4-23-22(26-10-9-18(16-26)17-27-2)24-15-21(25-11-13-29-14-12-25)19-5-7-20(28-3)8-6-19/h5-8,18,21H,4,9-17H2,1-3H3,(H,23,24). The van der Waals surface area contributed by atoms with E-state index < -0.39 is 0 Å². The molecule has 2 aliphatic heterocycles. The Labute approximate surface area is 175 Å². The number of guanidine groups is 1. The molecule has 2 atom stereocenters. The third-order valence-corrected chi connectivity index (χ3v) is 5.72. The third kappa shape index (κ3) is 6.07. The number of hydrogen-bond donors (Lipinski definition) is 1. The van der Waals surface area contributed by atoms with Gasteiger partial charge in [-0.15, -0.1) is 0 Å². The van der Waals surface area contributed by atoms with Gasteiger partial charge >= 0.3 is 0 Å². The molecule has 1 N–H and O–H groups in total. The molecule has 7 nitrogen and oxygen atoms in total. The zero-order valence-electron chi connectivity index (χ0n) is 18.1. The van der Waals surface area contributed by atoms with Gasteiger partial charge in [-0.25, -0.2) is 0 Å². The lowest BCUT2D eigenvalue weighted by Crippen LogP contribution is -2.43. The molecule has 0 spiro atoms. The molecular weight excluding hydrogens is 368 g/mol. The fourth-order valence-corrected chi connectivity index (χ4v) is 4.14. The molecular formula is C22H36N4O3. The molecule has 1 aromatic rings. The average molecular weight is 405 g/mol. The molecule has 2 heterocycles. The smallest absolute Gasteiger partial charge is 0.193 e. The SMILES string of the molecule is CCNC(=NCC(c1ccc(OC)cc1)N1CCOCC1)N1CCC(COC)C1. The molecule has 1 aromatic carbocycles. The molecule has 29 heavy (non-hydrogen) atoms. The van der Waals surface area contributed by atoms with Crippen LogP contribution in [0.15, 0.2) is 29.3 Å². The highest BCUT2D eigenvalue weighted by molar-refractivity contribution is 5.80. The molecule has 2 unspecified atom stereocenters. The van der Waals surface area contributed by atoms with Crippen molar-refractivity contribution in [2.75, 3.05) is 73.3 Å². The van der Waals surface area contributed by atoms with Gasteiger partial charge in [0.2, 0.25) is 0 Å². The van der Waals surface area contributed by atoms with Gasteiger partial charge in [-0.1, -0.05) is 12.1 Å². The van der Waals surface area contributed by atoms with Crippen LogP contribution in [0.2, 0.25) is 0 Å². The van der Waals surface area contributed by atoms with Crippen molar-refractivity contribution < 1.29 is 14.2 Å². The van der Waals surface area contributed by atoms with E-state index in [2.05, 4.69) is 34.2 Å². The minimum absolute atomic E-state index is 0.232. The van der Waals surface area contributed by atoms with Gasteiger partial charge in [0.25, 0.3) is 0 Å². The van der Waals surface area contributed by atoms with Crippen LogP contribution >= 0.6 is 0 Å². The van der Waals surface area contributed by atoms with Crippen LogP contribution in [0.4, 0.5) is 0 Å². The number of likely N-dealkylation sites (tertiary alicyclic amines) is 1. The zero-order valence-corrected chi connectivity index (χ0v) is 18.1. The number of ether oxygens (including phenoxy) is 3. The first-order valence-electron chi connectivity index (χ1n) is 10.7. The Bertz CT molecular complexity index is 631. The van der Waals surface area contributed by atoms with E-state index in [0.717, 1.165) is 77.2 Å². The highest BCUT2D eigenvalue weighted by Gasteiger charge is 2.26. The minimum Gasteiger partial charge on any atom is -0.497 e. The van der Waals surface area contributed by atoms with Crippen molar-refractivity contribution in [3.8, 4) is 5.75 Å². The van der Waals surface area contributed by atoms with Crippen LogP contribution in [-0.2, 0) is 9.47 Å². The second-order valence-corrected chi connectivity index (χ2v) is 7.69. The lowest BCUT2D eigenvalue weighted by atomic mass is 10.0. The van der Waals surface area contributed by atoms with Gasteiger partial charge in [0.15, 0.2) is 5.96 Å². The molecule has 2 aliphatic rings. The predicted molar refractivity (Wildman–Crippen MR) is 116 cm³/mol. The number of aliphatic imine (C=N–C) groups is 1. The predicted octanol–water partition coefficient (Wildman–Crippen LogP) is 2.00. The zero-order chi connectivity index (χ0) is 20.5. The number of nitrogens with one attached hydrogen (secondary N) is 1. The Morgan fingerprint density at radius 1 is 1.21 bits per heavy atom. The van der Waals surface area contributed by atoms with Gasteiger partial charge in [0, 0.05) is 45.8 Å². The van der Waals surface area contributed by atoms with Gasteiger partial charge < -0.3 is 24.4 Å². The summed E-state index contributed by atoms with van der Waals surface area (Å²) in [5.41, 5.74) is 1.27. The maximum atomic E-state index is 5.57. The quantitative estimate of drug-likeness (QED) is 0.528. The van der Waals surface area contributed by atoms with Crippen molar-refractivity contribution in [3.63, 3.8) is 0 Å². The van der Waals surface area contributed by atoms with E-state index in [1.54, 1.807) is 14.2 Å². The van der Waals surface area contributed by atoms with E-state index in [1.165, 1.54) is 5.56 Å². The molecule has 0 aliphatic carbocycles. The first-order chi connectivity index (χ1) is 14.2. The van der Waals surface area contributed by atoms with Crippen molar-refractivity contribution >= 4 is 5.96 Å². The first kappa shape index (κ1) is 21.9. The number of benzene rings is 1. The van der Waals surface area contributed by atoms with Crippen LogP contribution in [0.5, 0.6) is 5.75 Å². The average Bonchev–Trinajstić information content (AvgIpc) is 3.23. The van der Waals surface area contributed by atoms with Crippen LogP contribution in [-0.4, -0.2) is 89.1 Å². The molecule has 162 valence electrons. The summed E-state index contributed by atoms with van der Waals surface area (Å²) >= 11 is 0. The molecule has 0 saturated carbocycles. The Morgan fingerprint density at radius 3 is 2.62 bits per heavy atom. The van der Waals surface area contributed by atoms with Crippen molar-refractivity contribution in [2.24, 2.45) is 10.9 Å². The van der Waals surface area contributed by atoms with Crippen LogP contribution in [0.1, 0.15) is 24.9 Å². The van der Waals surface area contributed by atoms with Crippen LogP contribution in [0, 0.1) is 5.92 Å². The highest BCUT2D eigenvalue weighted by Crippen LogP contribution is 2.25. The summed E-state index contributed by atoms with van der Waals surface area (Å²) in [6.45, 7) is 10.00. The first-order valence-corrected chi connectivity index (χ1v) is 10.7. The van der Waals surface area contributed by atoms with E-state index in [1.807, 2.05) is 12.1 Å². The summed E-state index contributed by atoms with van der Waals surface area (Å²) in [4.78, 5) is 9.92. The van der Waals surface area contributed by atoms with Crippen LogP contribution in [0.25, 0.3) is 0 Å². The number of hydrogen-bond acceptors (Lipinski definition) is 5. The Hall–Kier alpha value is -1.83. The highest BCUT2D eigenvalue weighted by atomic mass is 16.5. The summed E-state index contributed by atoms with van der Waals surface area (Å²) < 4.78 is 16.3. The normalized spacial score (nSPS) is 22.0. The Balaban J connectivity index is 1.75. The third-order valence-electron chi connectivity index (χ3n) is 5.72. The van der Waals surface area contributed by atoms with Crippen molar-refractivity contribution in [1.82, 2.24) is 15.1 Å². The van der Waals surface area contributed by atoms with Crippen molar-refractivity contribution in [3.05, 3.63) is 29.8 Å². The number of nitrogens with zero attached hydrogens (tertiary/aromatic N) is 3. The molecule has 0 aromatic heterocycles. The van der Waals surface area contributed by atoms with Gasteiger partial charge in [-0.3, -0.25) is 9.89 Å². The topological polar surface area (TPSA) is 58.6 Å². The molecule has 2 fully saturated rings. The lowest BCUT2D eigenvalue weighted by molar-refractivity contribution is 0.0179. The lowest BCUT2D eigenvalue weighted by Gasteiger charge is -2.34. The molecule has 0 radical (unpaired) electrons. The number of morpholine rings is 1. The van der Waals surface area contributed by atoms with Crippen LogP contribution < -0.4 is 10.1 Å². The molecule has 3 rings (SSSR count). The van der Waals surface area contributed by atoms with Gasteiger partial charge in [0.05, 0.1) is 39.5 Å². The minimum atomic E-state index is 0.232. The second kappa shape index (κ2) is 11.4. The fourth-order valence-electron chi connectivity index (χ4n) is 4.14. The van der Waals surface area contributed by atoms with Crippen molar-refractivity contribution in [1.29, 1.82) is 0 Å². The number of methoxy groups -OCH3 is 2. The maximum absolute atomic E-state index is 5.57. The van der Waals surface area contributed by atoms with E-state index in [-0.39, 0.29) is 6.04 Å². The Kier molecular flexibility index (Phi) is 8.58. The van der Waals surface area contributed by atoms with Crippen LogP contribution in [0.3, 0.4) is 0 Å². The van der Waals surface area contributed by atoms with Crippen molar-refractivity contribution in [2.45, 2.75) is 19.4 Å². The van der Waals surface area contributed by atoms with Gasteiger partial charge in [-0.05, 0) is 31.0 Å². The fraction of sp³-hybridized carbons (Fsp3) is 0.682.